The van der Waals surface area contributed by atoms with E-state index < -0.39 is 5.60 Å². The smallest absolute Gasteiger partial charge is 0.306 e. The van der Waals surface area contributed by atoms with Crippen LogP contribution in [0.2, 0.25) is 5.02 Å². The fourth-order valence-corrected chi connectivity index (χ4v) is 3.22. The number of halogens is 1. The number of nitrogens with zero attached hydrogens (tertiary/aromatic N) is 1. The molecule has 0 aliphatic rings. The zero-order valence-electron chi connectivity index (χ0n) is 19.7. The highest BCUT2D eigenvalue weighted by atomic mass is 35.5. The van der Waals surface area contributed by atoms with Crippen LogP contribution in [0.4, 0.5) is 0 Å². The molecule has 7 nitrogen and oxygen atoms in total. The summed E-state index contributed by atoms with van der Waals surface area (Å²) in [6.45, 7) is 5.76. The Bertz CT molecular complexity index is 1190. The van der Waals surface area contributed by atoms with Gasteiger partial charge < -0.3 is 18.9 Å². The van der Waals surface area contributed by atoms with Crippen LogP contribution in [0.25, 0.3) is 5.69 Å². The molecule has 1 heterocycles. The lowest BCUT2D eigenvalue weighted by Gasteiger charge is -2.25. The monoisotopic (exact) mass is 485 g/mol. The lowest BCUT2D eigenvalue weighted by atomic mass is 10.1. The molecule has 0 unspecified atom stereocenters. The van der Waals surface area contributed by atoms with Crippen molar-refractivity contribution in [3.63, 3.8) is 0 Å². The van der Waals surface area contributed by atoms with Crippen molar-refractivity contribution in [2.75, 3.05) is 13.7 Å². The summed E-state index contributed by atoms with van der Waals surface area (Å²) in [6, 6.07) is 15.6. The summed E-state index contributed by atoms with van der Waals surface area (Å²) < 4.78 is 23.9. The number of aromatic nitrogens is 1. The van der Waals surface area contributed by atoms with Crippen molar-refractivity contribution in [1.82, 2.24) is 4.57 Å². The number of rotatable bonds is 10. The van der Waals surface area contributed by atoms with Gasteiger partial charge in [-0.25, -0.2) is 0 Å². The summed E-state index contributed by atoms with van der Waals surface area (Å²) in [5.41, 5.74) is 0.504. The van der Waals surface area contributed by atoms with Crippen molar-refractivity contribution in [1.29, 1.82) is 0 Å². The minimum atomic E-state index is -0.796. The summed E-state index contributed by atoms with van der Waals surface area (Å²) in [7, 11) is 1.52. The molecule has 0 fully saturated rings. The van der Waals surface area contributed by atoms with Crippen LogP contribution in [0.15, 0.2) is 65.6 Å². The zero-order chi connectivity index (χ0) is 24.7. The number of hydrogen-bond acceptors (Lipinski definition) is 6. The van der Waals surface area contributed by atoms with Gasteiger partial charge in [0.05, 0.1) is 12.8 Å². The molecule has 3 rings (SSSR count). The Morgan fingerprint density at radius 2 is 1.74 bits per heavy atom. The van der Waals surface area contributed by atoms with Crippen molar-refractivity contribution >= 4 is 17.6 Å². The predicted molar refractivity (Wildman–Crippen MR) is 130 cm³/mol. The number of benzene rings is 2. The molecule has 8 heteroatoms. The Kier molecular flexibility index (Phi) is 8.23. The molecule has 0 N–H and O–H groups in total. The van der Waals surface area contributed by atoms with Crippen LogP contribution >= 0.6 is 11.6 Å². The molecular weight excluding hydrogens is 458 g/mol. The van der Waals surface area contributed by atoms with E-state index in [1.807, 2.05) is 12.1 Å². The molecule has 0 aliphatic heterocycles. The van der Waals surface area contributed by atoms with Crippen LogP contribution in [0.1, 0.15) is 32.8 Å². The summed E-state index contributed by atoms with van der Waals surface area (Å²) in [6.07, 6.45) is 1.93. The topological polar surface area (TPSA) is 76.0 Å². The van der Waals surface area contributed by atoms with Gasteiger partial charge in [0.2, 0.25) is 0 Å². The largest absolute Gasteiger partial charge is 0.493 e. The van der Waals surface area contributed by atoms with E-state index in [9.17, 15) is 9.59 Å². The zero-order valence-corrected chi connectivity index (χ0v) is 20.4. The van der Waals surface area contributed by atoms with Crippen LogP contribution in [0.3, 0.4) is 0 Å². The van der Waals surface area contributed by atoms with Gasteiger partial charge in [0.15, 0.2) is 11.5 Å². The van der Waals surface area contributed by atoms with E-state index in [0.717, 1.165) is 5.56 Å². The van der Waals surface area contributed by atoms with Crippen LogP contribution in [0, 0.1) is 0 Å². The lowest BCUT2D eigenvalue weighted by molar-refractivity contribution is -0.158. The number of hydrogen-bond donors (Lipinski definition) is 0. The van der Waals surface area contributed by atoms with E-state index in [1.54, 1.807) is 63.4 Å². The van der Waals surface area contributed by atoms with Gasteiger partial charge in [0.1, 0.15) is 24.6 Å². The van der Waals surface area contributed by atoms with Crippen molar-refractivity contribution < 1.29 is 23.7 Å². The van der Waals surface area contributed by atoms with E-state index in [0.29, 0.717) is 41.0 Å². The normalized spacial score (nSPS) is 11.1. The first kappa shape index (κ1) is 25.2. The lowest BCUT2D eigenvalue weighted by Crippen LogP contribution is -2.34. The van der Waals surface area contributed by atoms with Gasteiger partial charge in [-0.05, 0) is 49.7 Å². The molecule has 34 heavy (non-hydrogen) atoms. The Balaban J connectivity index is 1.71. The number of esters is 1. The number of ether oxygens (including phenoxy) is 4. The van der Waals surface area contributed by atoms with Gasteiger partial charge in [-0.3, -0.25) is 14.2 Å². The van der Waals surface area contributed by atoms with E-state index in [4.69, 9.17) is 30.5 Å². The SMILES string of the molecule is CCC(=O)OC(C)(C)COc1ccc(-n2ccc(OCc3ccc(Cl)cc3)cc2=O)cc1OC. The second-order valence-electron chi connectivity index (χ2n) is 8.20. The van der Waals surface area contributed by atoms with Crippen LogP contribution in [-0.4, -0.2) is 29.9 Å². The molecule has 2 aromatic carbocycles. The van der Waals surface area contributed by atoms with Gasteiger partial charge in [-0.2, -0.15) is 0 Å². The van der Waals surface area contributed by atoms with Gasteiger partial charge in [0, 0.05) is 29.8 Å². The highest BCUT2D eigenvalue weighted by molar-refractivity contribution is 6.30. The van der Waals surface area contributed by atoms with Gasteiger partial charge in [-0.15, -0.1) is 0 Å². The maximum atomic E-state index is 12.7. The van der Waals surface area contributed by atoms with E-state index in [1.165, 1.54) is 17.7 Å². The molecule has 0 spiro atoms. The molecule has 0 saturated carbocycles. The van der Waals surface area contributed by atoms with Crippen molar-refractivity contribution in [3.8, 4) is 22.9 Å². The minimum Gasteiger partial charge on any atom is -0.493 e. The fourth-order valence-electron chi connectivity index (χ4n) is 3.10. The molecular formula is C26H28ClNO6. The van der Waals surface area contributed by atoms with Crippen LogP contribution in [-0.2, 0) is 16.1 Å². The summed E-state index contributed by atoms with van der Waals surface area (Å²) in [5.74, 6) is 1.09. The number of methoxy groups -OCH3 is 1. The van der Waals surface area contributed by atoms with Crippen LogP contribution in [0.5, 0.6) is 17.2 Å². The second kappa shape index (κ2) is 11.1. The van der Waals surface area contributed by atoms with Gasteiger partial charge in [-0.1, -0.05) is 30.7 Å². The maximum absolute atomic E-state index is 12.7. The Labute approximate surface area is 203 Å². The number of carbonyl (C=O) groups excluding carboxylic acids is 1. The molecule has 0 aliphatic carbocycles. The summed E-state index contributed by atoms with van der Waals surface area (Å²) in [5, 5.41) is 0.654. The van der Waals surface area contributed by atoms with E-state index >= 15 is 0 Å². The predicted octanol–water partition coefficient (Wildman–Crippen LogP) is 5.19. The van der Waals surface area contributed by atoms with Crippen molar-refractivity contribution in [2.24, 2.45) is 0 Å². The van der Waals surface area contributed by atoms with E-state index in [2.05, 4.69) is 0 Å². The first-order chi connectivity index (χ1) is 16.2. The summed E-state index contributed by atoms with van der Waals surface area (Å²) >= 11 is 5.90. The molecule has 180 valence electrons. The Hall–Kier alpha value is -3.45. The molecule has 0 atom stereocenters. The van der Waals surface area contributed by atoms with Crippen molar-refractivity contribution in [2.45, 2.75) is 39.4 Å². The fraction of sp³-hybridized carbons (Fsp3) is 0.308. The third-order valence-corrected chi connectivity index (χ3v) is 5.14. The van der Waals surface area contributed by atoms with Gasteiger partial charge in [0.25, 0.3) is 5.56 Å². The molecule has 1 aromatic heterocycles. The maximum Gasteiger partial charge on any atom is 0.306 e. The Morgan fingerprint density at radius 3 is 2.38 bits per heavy atom. The standard InChI is InChI=1S/C26H28ClNO6/c1-5-25(30)34-26(2,3)17-33-22-11-10-20(14-23(22)31-4)28-13-12-21(15-24(28)29)32-16-18-6-8-19(27)9-7-18/h6-15H,5,16-17H2,1-4H3. The third kappa shape index (κ3) is 6.78. The molecule has 0 amide bonds. The molecule has 3 aromatic rings. The quantitative estimate of drug-likeness (QED) is 0.368. The Morgan fingerprint density at radius 1 is 1.00 bits per heavy atom. The average Bonchev–Trinajstić information content (AvgIpc) is 2.82. The van der Waals surface area contributed by atoms with Crippen molar-refractivity contribution in [3.05, 3.63) is 81.7 Å². The summed E-state index contributed by atoms with van der Waals surface area (Å²) in [4.78, 5) is 24.3. The highest BCUT2D eigenvalue weighted by Crippen LogP contribution is 2.30. The first-order valence-corrected chi connectivity index (χ1v) is 11.2. The number of pyridine rings is 1. The average molecular weight is 486 g/mol. The van der Waals surface area contributed by atoms with E-state index in [-0.39, 0.29) is 18.1 Å². The molecule has 0 bridgehead atoms. The van der Waals surface area contributed by atoms with Crippen LogP contribution < -0.4 is 19.8 Å². The second-order valence-corrected chi connectivity index (χ2v) is 8.63. The molecule has 0 saturated heterocycles. The third-order valence-electron chi connectivity index (χ3n) is 4.89. The van der Waals surface area contributed by atoms with Gasteiger partial charge >= 0.3 is 5.97 Å². The minimum absolute atomic E-state index is 0.147. The highest BCUT2D eigenvalue weighted by Gasteiger charge is 2.24. The first-order valence-electron chi connectivity index (χ1n) is 10.8. The number of carbonyl (C=O) groups is 1. The molecule has 0 radical (unpaired) electrons.